The number of rotatable bonds is 4. The Hall–Kier alpha value is -3.59. The molecule has 6 nitrogen and oxygen atoms in total. The van der Waals surface area contributed by atoms with Crippen LogP contribution in [-0.4, -0.2) is 11.1 Å². The molecule has 2 aromatic carbocycles. The van der Waals surface area contributed by atoms with Gasteiger partial charge in [-0.05, 0) is 42.3 Å². The van der Waals surface area contributed by atoms with Gasteiger partial charge in [0.2, 0.25) is 0 Å². The van der Waals surface area contributed by atoms with Crippen LogP contribution < -0.4 is 5.63 Å². The topological polar surface area (TPSA) is 101 Å². The van der Waals surface area contributed by atoms with Crippen LogP contribution in [0.2, 0.25) is 0 Å². The van der Waals surface area contributed by atoms with Crippen LogP contribution >= 0.6 is 0 Å². The number of nitrogens with zero attached hydrogens (tertiary/aromatic N) is 1. The molecule has 0 unspecified atom stereocenters. The highest BCUT2D eigenvalue weighted by Gasteiger charge is 2.13. The molecule has 0 bridgehead atoms. The van der Waals surface area contributed by atoms with Crippen LogP contribution in [0.5, 0.6) is 5.75 Å². The Kier molecular flexibility index (Phi) is 4.72. The molecule has 0 spiro atoms. The van der Waals surface area contributed by atoms with Crippen LogP contribution in [0.1, 0.15) is 34.0 Å². The second kappa shape index (κ2) is 7.11. The van der Waals surface area contributed by atoms with Crippen LogP contribution in [0.3, 0.4) is 0 Å². The van der Waals surface area contributed by atoms with Gasteiger partial charge in [0.05, 0.1) is 17.2 Å². The summed E-state index contributed by atoms with van der Waals surface area (Å²) < 4.78 is 10.4. The number of hydrogen-bond acceptors (Lipinski definition) is 6. The quantitative estimate of drug-likeness (QED) is 0.573. The predicted octanol–water partition coefficient (Wildman–Crippen LogP) is 3.29. The first-order valence-corrected chi connectivity index (χ1v) is 7.97. The van der Waals surface area contributed by atoms with Gasteiger partial charge < -0.3 is 14.3 Å². The summed E-state index contributed by atoms with van der Waals surface area (Å²) in [6, 6.07) is 12.4. The molecule has 6 heteroatoms. The number of aromatic hydroxyl groups is 1. The van der Waals surface area contributed by atoms with E-state index in [1.807, 2.05) is 13.0 Å². The minimum atomic E-state index is -0.592. The SMILES string of the molecule is CCc1cc2c(COC(=O)c3ccc(C#N)cc3)cc(=O)oc2cc1O. The second-order valence-electron chi connectivity index (χ2n) is 5.69. The maximum atomic E-state index is 12.2. The molecule has 0 atom stereocenters. The van der Waals surface area contributed by atoms with Crippen LogP contribution in [0, 0.1) is 11.3 Å². The summed E-state index contributed by atoms with van der Waals surface area (Å²) in [5, 5.41) is 19.3. The third-order valence-corrected chi connectivity index (χ3v) is 4.02. The minimum absolute atomic E-state index is 0.0508. The zero-order chi connectivity index (χ0) is 18.7. The van der Waals surface area contributed by atoms with E-state index in [1.54, 1.807) is 6.07 Å². The maximum Gasteiger partial charge on any atom is 0.338 e. The van der Waals surface area contributed by atoms with Gasteiger partial charge in [-0.15, -0.1) is 0 Å². The van der Waals surface area contributed by atoms with E-state index >= 15 is 0 Å². The summed E-state index contributed by atoms with van der Waals surface area (Å²) >= 11 is 0. The Labute approximate surface area is 148 Å². The molecule has 0 saturated heterocycles. The van der Waals surface area contributed by atoms with Gasteiger partial charge in [0.1, 0.15) is 17.9 Å². The van der Waals surface area contributed by atoms with Crippen molar-refractivity contribution in [2.75, 3.05) is 0 Å². The molecule has 3 aromatic rings. The molecule has 26 heavy (non-hydrogen) atoms. The number of aryl methyl sites for hydroxylation is 1. The highest BCUT2D eigenvalue weighted by Crippen LogP contribution is 2.27. The van der Waals surface area contributed by atoms with Gasteiger partial charge in [-0.3, -0.25) is 0 Å². The largest absolute Gasteiger partial charge is 0.508 e. The summed E-state index contributed by atoms with van der Waals surface area (Å²) in [5.74, 6) is -0.514. The number of ether oxygens (including phenoxy) is 1. The van der Waals surface area contributed by atoms with E-state index in [0.29, 0.717) is 34.1 Å². The number of carbonyl (C=O) groups is 1. The number of benzene rings is 2. The Morgan fingerprint density at radius 3 is 2.58 bits per heavy atom. The predicted molar refractivity (Wildman–Crippen MR) is 93.8 cm³/mol. The van der Waals surface area contributed by atoms with Crippen LogP contribution in [0.4, 0.5) is 0 Å². The molecular weight excluding hydrogens is 334 g/mol. The molecule has 1 heterocycles. The van der Waals surface area contributed by atoms with Crippen LogP contribution in [0.15, 0.2) is 51.7 Å². The first kappa shape index (κ1) is 17.2. The van der Waals surface area contributed by atoms with E-state index in [0.717, 1.165) is 0 Å². The van der Waals surface area contributed by atoms with E-state index in [4.69, 9.17) is 14.4 Å². The fourth-order valence-electron chi connectivity index (χ4n) is 2.62. The molecule has 0 saturated carbocycles. The van der Waals surface area contributed by atoms with E-state index < -0.39 is 11.6 Å². The first-order chi connectivity index (χ1) is 12.5. The maximum absolute atomic E-state index is 12.2. The van der Waals surface area contributed by atoms with E-state index in [2.05, 4.69) is 0 Å². The third kappa shape index (κ3) is 3.42. The number of esters is 1. The lowest BCUT2D eigenvalue weighted by Crippen LogP contribution is -2.08. The molecule has 0 aliphatic carbocycles. The molecule has 0 aliphatic heterocycles. The molecule has 0 amide bonds. The number of fused-ring (bicyclic) bond motifs is 1. The highest BCUT2D eigenvalue weighted by atomic mass is 16.5. The van der Waals surface area contributed by atoms with Gasteiger partial charge in [-0.1, -0.05) is 6.92 Å². The molecule has 0 fully saturated rings. The van der Waals surface area contributed by atoms with Crippen molar-refractivity contribution >= 4 is 16.9 Å². The van der Waals surface area contributed by atoms with Crippen molar-refractivity contribution in [3.63, 3.8) is 0 Å². The van der Waals surface area contributed by atoms with E-state index in [1.165, 1.54) is 36.4 Å². The molecule has 0 radical (unpaired) electrons. The van der Waals surface area contributed by atoms with Gasteiger partial charge in [0.25, 0.3) is 0 Å². The Morgan fingerprint density at radius 1 is 1.19 bits per heavy atom. The third-order valence-electron chi connectivity index (χ3n) is 4.02. The summed E-state index contributed by atoms with van der Waals surface area (Å²) in [5.41, 5.74) is 1.59. The Morgan fingerprint density at radius 2 is 1.92 bits per heavy atom. The van der Waals surface area contributed by atoms with Gasteiger partial charge >= 0.3 is 11.6 Å². The first-order valence-electron chi connectivity index (χ1n) is 7.97. The molecule has 0 aliphatic rings. The zero-order valence-electron chi connectivity index (χ0n) is 14.0. The summed E-state index contributed by atoms with van der Waals surface area (Å²) in [4.78, 5) is 23.9. The van der Waals surface area contributed by atoms with E-state index in [9.17, 15) is 14.7 Å². The lowest BCUT2D eigenvalue weighted by molar-refractivity contribution is 0.0474. The number of nitriles is 1. The van der Waals surface area contributed by atoms with E-state index in [-0.39, 0.29) is 17.9 Å². The van der Waals surface area contributed by atoms with Crippen molar-refractivity contribution in [1.29, 1.82) is 5.26 Å². The van der Waals surface area contributed by atoms with Crippen LogP contribution in [0.25, 0.3) is 11.0 Å². The molecule has 1 aromatic heterocycles. The molecule has 1 N–H and O–H groups in total. The van der Waals surface area contributed by atoms with Crippen molar-refractivity contribution in [3.05, 3.63) is 75.1 Å². The number of phenolic OH excluding ortho intramolecular Hbond substituents is 1. The van der Waals surface area contributed by atoms with Gasteiger partial charge in [-0.2, -0.15) is 5.26 Å². The fraction of sp³-hybridized carbons (Fsp3) is 0.150. The van der Waals surface area contributed by atoms with Gasteiger partial charge in [-0.25, -0.2) is 9.59 Å². The Bertz CT molecular complexity index is 1070. The monoisotopic (exact) mass is 349 g/mol. The molecule has 130 valence electrons. The van der Waals surface area contributed by atoms with Crippen molar-refractivity contribution in [1.82, 2.24) is 0 Å². The number of hydrogen-bond donors (Lipinski definition) is 1. The number of phenols is 1. The number of carbonyl (C=O) groups excluding carboxylic acids is 1. The van der Waals surface area contributed by atoms with Crippen LogP contribution in [-0.2, 0) is 17.8 Å². The average molecular weight is 349 g/mol. The van der Waals surface area contributed by atoms with Crippen molar-refractivity contribution in [2.45, 2.75) is 20.0 Å². The zero-order valence-corrected chi connectivity index (χ0v) is 14.0. The van der Waals surface area contributed by atoms with Crippen molar-refractivity contribution in [2.24, 2.45) is 0 Å². The summed E-state index contributed by atoms with van der Waals surface area (Å²) in [7, 11) is 0. The fourth-order valence-corrected chi connectivity index (χ4v) is 2.62. The normalized spacial score (nSPS) is 10.5. The van der Waals surface area contributed by atoms with Gasteiger partial charge in [0.15, 0.2) is 0 Å². The lowest BCUT2D eigenvalue weighted by Gasteiger charge is -2.09. The Balaban J connectivity index is 1.89. The van der Waals surface area contributed by atoms with Crippen molar-refractivity contribution < 1.29 is 19.1 Å². The highest BCUT2D eigenvalue weighted by molar-refractivity contribution is 5.90. The summed E-state index contributed by atoms with van der Waals surface area (Å²) in [6.45, 7) is 1.78. The molecule has 3 rings (SSSR count). The van der Waals surface area contributed by atoms with Gasteiger partial charge in [0, 0.05) is 23.1 Å². The smallest absolute Gasteiger partial charge is 0.338 e. The lowest BCUT2D eigenvalue weighted by atomic mass is 10.0. The molecular formula is C20H15NO5. The standard InChI is InChI=1S/C20H15NO5/c1-2-13-7-16-15(8-19(23)26-18(16)9-17(13)22)11-25-20(24)14-5-3-12(10-21)4-6-14/h3-9,22H,2,11H2,1H3. The average Bonchev–Trinajstić information content (AvgIpc) is 2.65. The second-order valence-corrected chi connectivity index (χ2v) is 5.69. The van der Waals surface area contributed by atoms with Crippen molar-refractivity contribution in [3.8, 4) is 11.8 Å². The minimum Gasteiger partial charge on any atom is -0.508 e. The summed E-state index contributed by atoms with van der Waals surface area (Å²) in [6.07, 6.45) is 0.603.